The van der Waals surface area contributed by atoms with Gasteiger partial charge in [0.15, 0.2) is 11.5 Å². The van der Waals surface area contributed by atoms with Crippen LogP contribution in [0.5, 0.6) is 11.5 Å². The molecule has 0 atom stereocenters. The molecular weight excluding hydrogens is 306 g/mol. The zero-order chi connectivity index (χ0) is 15.6. The Hall–Kier alpha value is -1.31. The van der Waals surface area contributed by atoms with Crippen molar-refractivity contribution in [3.8, 4) is 11.5 Å². The second kappa shape index (κ2) is 6.06. The van der Waals surface area contributed by atoms with Gasteiger partial charge < -0.3 is 14.6 Å². The molecule has 0 unspecified atom stereocenters. The Morgan fingerprint density at radius 2 is 1.82 bits per heavy atom. The predicted molar refractivity (Wildman–Crippen MR) is 80.6 cm³/mol. The molecule has 2 aliphatic rings. The van der Waals surface area contributed by atoms with Crippen LogP contribution >= 0.6 is 0 Å². The van der Waals surface area contributed by atoms with Gasteiger partial charge in [-0.2, -0.15) is 0 Å². The normalized spacial score (nSPS) is 20.0. The number of benzene rings is 1. The fourth-order valence-electron chi connectivity index (χ4n) is 3.04. The zero-order valence-corrected chi connectivity index (χ0v) is 13.2. The summed E-state index contributed by atoms with van der Waals surface area (Å²) in [7, 11) is -3.63. The van der Waals surface area contributed by atoms with Gasteiger partial charge in [-0.05, 0) is 25.0 Å². The maximum absolute atomic E-state index is 12.4. The molecule has 2 N–H and O–H groups in total. The van der Waals surface area contributed by atoms with Crippen molar-refractivity contribution in [3.05, 3.63) is 18.2 Å². The van der Waals surface area contributed by atoms with Gasteiger partial charge in [0.05, 0.1) is 4.90 Å². The first-order valence-corrected chi connectivity index (χ1v) is 9.03. The van der Waals surface area contributed by atoms with Crippen molar-refractivity contribution >= 4 is 10.0 Å². The second-order valence-electron chi connectivity index (χ2n) is 6.00. The average Bonchev–Trinajstić information content (AvgIpc) is 3.02. The molecule has 6 nitrogen and oxygen atoms in total. The van der Waals surface area contributed by atoms with Gasteiger partial charge in [-0.15, -0.1) is 0 Å². The fraction of sp³-hybridized carbons (Fsp3) is 0.600. The molecule has 1 fully saturated rings. The van der Waals surface area contributed by atoms with Crippen molar-refractivity contribution in [3.63, 3.8) is 0 Å². The number of fused-ring (bicyclic) bond motifs is 1. The maximum atomic E-state index is 12.4. The van der Waals surface area contributed by atoms with E-state index in [1.54, 1.807) is 6.07 Å². The molecule has 1 heterocycles. The van der Waals surface area contributed by atoms with Gasteiger partial charge in [-0.1, -0.05) is 12.8 Å². The third kappa shape index (κ3) is 3.06. The summed E-state index contributed by atoms with van der Waals surface area (Å²) >= 11 is 0. The van der Waals surface area contributed by atoms with Gasteiger partial charge >= 0.3 is 0 Å². The minimum atomic E-state index is -3.63. The summed E-state index contributed by atoms with van der Waals surface area (Å²) in [6.07, 6.45) is 3.78. The van der Waals surface area contributed by atoms with Gasteiger partial charge in [0.1, 0.15) is 13.2 Å². The van der Waals surface area contributed by atoms with E-state index < -0.39 is 10.0 Å². The van der Waals surface area contributed by atoms with Gasteiger partial charge in [-0.25, -0.2) is 13.1 Å². The molecule has 1 aliphatic carbocycles. The Morgan fingerprint density at radius 1 is 1.14 bits per heavy atom. The molecule has 1 aliphatic heterocycles. The Morgan fingerprint density at radius 3 is 2.50 bits per heavy atom. The van der Waals surface area contributed by atoms with E-state index in [1.165, 1.54) is 12.1 Å². The molecule has 0 spiro atoms. The first-order chi connectivity index (χ1) is 10.5. The van der Waals surface area contributed by atoms with Gasteiger partial charge in [0, 0.05) is 24.6 Å². The molecule has 1 aromatic carbocycles. The van der Waals surface area contributed by atoms with Gasteiger partial charge in [-0.3, -0.25) is 0 Å². The van der Waals surface area contributed by atoms with Crippen LogP contribution in [0.25, 0.3) is 0 Å². The number of sulfonamides is 1. The highest BCUT2D eigenvalue weighted by molar-refractivity contribution is 7.89. The van der Waals surface area contributed by atoms with Crippen LogP contribution < -0.4 is 14.2 Å². The van der Waals surface area contributed by atoms with Crippen molar-refractivity contribution in [1.29, 1.82) is 0 Å². The Labute approximate surface area is 130 Å². The van der Waals surface area contributed by atoms with Crippen molar-refractivity contribution < 1.29 is 23.0 Å². The Bertz CT molecular complexity index is 637. The molecule has 1 aromatic rings. The van der Waals surface area contributed by atoms with Crippen LogP contribution in [0.15, 0.2) is 23.1 Å². The van der Waals surface area contributed by atoms with Crippen molar-refractivity contribution in [2.45, 2.75) is 30.6 Å². The summed E-state index contributed by atoms with van der Waals surface area (Å²) in [4.78, 5) is 0.155. The lowest BCUT2D eigenvalue weighted by Gasteiger charge is -2.26. The SMILES string of the molecule is O=S(=O)(NCC1(CO)CCCC1)c1ccc2c(c1)OCCO2. The number of hydrogen-bond donors (Lipinski definition) is 2. The standard InChI is InChI=1S/C15H21NO5S/c17-11-15(5-1-2-6-15)10-16-22(18,19)12-3-4-13-14(9-12)21-8-7-20-13/h3-4,9,16-17H,1-2,5-8,10-11H2. The minimum absolute atomic E-state index is 0.0106. The summed E-state index contributed by atoms with van der Waals surface area (Å²) < 4.78 is 38.3. The van der Waals surface area contributed by atoms with Crippen LogP contribution in [0.2, 0.25) is 0 Å². The van der Waals surface area contributed by atoms with Crippen LogP contribution in [0.3, 0.4) is 0 Å². The third-order valence-corrected chi connectivity index (χ3v) is 5.86. The molecule has 0 bridgehead atoms. The quantitative estimate of drug-likeness (QED) is 0.851. The monoisotopic (exact) mass is 327 g/mol. The number of hydrogen-bond acceptors (Lipinski definition) is 5. The maximum Gasteiger partial charge on any atom is 0.240 e. The van der Waals surface area contributed by atoms with Gasteiger partial charge in [0.25, 0.3) is 0 Å². The summed E-state index contributed by atoms with van der Waals surface area (Å²) in [6.45, 7) is 1.16. The Kier molecular flexibility index (Phi) is 4.29. The Balaban J connectivity index is 1.75. The third-order valence-electron chi connectivity index (χ3n) is 4.46. The summed E-state index contributed by atoms with van der Waals surface area (Å²) in [5.41, 5.74) is -0.319. The van der Waals surface area contributed by atoms with Crippen LogP contribution in [0.1, 0.15) is 25.7 Å². The second-order valence-corrected chi connectivity index (χ2v) is 7.76. The van der Waals surface area contributed by atoms with Crippen LogP contribution in [0, 0.1) is 5.41 Å². The van der Waals surface area contributed by atoms with E-state index in [4.69, 9.17) is 9.47 Å². The summed E-state index contributed by atoms with van der Waals surface area (Å²) in [5.74, 6) is 1.01. The predicted octanol–water partition coefficient (Wildman–Crippen LogP) is 1.29. The molecule has 0 amide bonds. The lowest BCUT2D eigenvalue weighted by atomic mass is 9.88. The molecular formula is C15H21NO5S. The molecule has 122 valence electrons. The molecule has 0 saturated heterocycles. The number of rotatable bonds is 5. The number of nitrogens with one attached hydrogen (secondary N) is 1. The lowest BCUT2D eigenvalue weighted by molar-refractivity contribution is 0.134. The largest absolute Gasteiger partial charge is 0.486 e. The van der Waals surface area contributed by atoms with Gasteiger partial charge in [0.2, 0.25) is 10.0 Å². The topological polar surface area (TPSA) is 84.9 Å². The highest BCUT2D eigenvalue weighted by Gasteiger charge is 2.34. The number of aliphatic hydroxyl groups excluding tert-OH is 1. The average molecular weight is 327 g/mol. The molecule has 3 rings (SSSR count). The van der Waals surface area contributed by atoms with E-state index in [0.717, 1.165) is 25.7 Å². The molecule has 7 heteroatoms. The number of aliphatic hydroxyl groups is 1. The van der Waals surface area contributed by atoms with E-state index >= 15 is 0 Å². The molecule has 0 radical (unpaired) electrons. The van der Waals surface area contributed by atoms with Crippen molar-refractivity contribution in [2.24, 2.45) is 5.41 Å². The molecule has 1 saturated carbocycles. The fourth-order valence-corrected chi connectivity index (χ4v) is 4.21. The smallest absolute Gasteiger partial charge is 0.240 e. The highest BCUT2D eigenvalue weighted by atomic mass is 32.2. The van der Waals surface area contributed by atoms with Crippen LogP contribution in [0.4, 0.5) is 0 Å². The van der Waals surface area contributed by atoms with E-state index in [9.17, 15) is 13.5 Å². The number of ether oxygens (including phenoxy) is 2. The minimum Gasteiger partial charge on any atom is -0.486 e. The zero-order valence-electron chi connectivity index (χ0n) is 12.4. The van der Waals surface area contributed by atoms with Crippen molar-refractivity contribution in [1.82, 2.24) is 4.72 Å². The summed E-state index contributed by atoms with van der Waals surface area (Å²) in [6, 6.07) is 4.60. The first kappa shape index (κ1) is 15.6. The van der Waals surface area contributed by atoms with E-state index in [2.05, 4.69) is 4.72 Å². The first-order valence-electron chi connectivity index (χ1n) is 7.55. The lowest BCUT2D eigenvalue weighted by Crippen LogP contribution is -2.38. The van der Waals surface area contributed by atoms with E-state index in [0.29, 0.717) is 24.7 Å². The van der Waals surface area contributed by atoms with E-state index in [-0.39, 0.29) is 23.5 Å². The molecule has 22 heavy (non-hydrogen) atoms. The van der Waals surface area contributed by atoms with Crippen LogP contribution in [-0.4, -0.2) is 39.9 Å². The molecule has 0 aromatic heterocycles. The van der Waals surface area contributed by atoms with E-state index in [1.807, 2.05) is 0 Å². The highest BCUT2D eigenvalue weighted by Crippen LogP contribution is 2.37. The van der Waals surface area contributed by atoms with Crippen LogP contribution in [-0.2, 0) is 10.0 Å². The summed E-state index contributed by atoms with van der Waals surface area (Å²) in [5, 5.41) is 9.57. The van der Waals surface area contributed by atoms with Crippen molar-refractivity contribution in [2.75, 3.05) is 26.4 Å².